The molecular formula is C26H31F3N2O2. The summed E-state index contributed by atoms with van der Waals surface area (Å²) in [7, 11) is 0. The Bertz CT molecular complexity index is 1050. The predicted octanol–water partition coefficient (Wildman–Crippen LogP) is 5.20. The highest BCUT2D eigenvalue weighted by Gasteiger charge is 2.56. The number of fused-ring (bicyclic) bond motifs is 1. The number of rotatable bonds is 7. The molecule has 0 spiro atoms. The smallest absolute Gasteiger partial charge is 0.380 e. The van der Waals surface area contributed by atoms with Gasteiger partial charge in [-0.25, -0.2) is 0 Å². The summed E-state index contributed by atoms with van der Waals surface area (Å²) >= 11 is 0. The van der Waals surface area contributed by atoms with Crippen molar-refractivity contribution in [2.24, 2.45) is 0 Å². The number of aliphatic hydroxyl groups is 1. The van der Waals surface area contributed by atoms with Gasteiger partial charge in [-0.3, -0.25) is 4.90 Å². The number of halogens is 3. The first-order valence-electron chi connectivity index (χ1n) is 11.3. The van der Waals surface area contributed by atoms with E-state index in [0.29, 0.717) is 18.9 Å². The lowest BCUT2D eigenvalue weighted by Gasteiger charge is -2.38. The van der Waals surface area contributed by atoms with E-state index in [1.165, 1.54) is 0 Å². The number of aromatic amines is 1. The zero-order chi connectivity index (χ0) is 23.7. The largest absolute Gasteiger partial charge is 0.417 e. The minimum Gasteiger partial charge on any atom is -0.380 e. The van der Waals surface area contributed by atoms with E-state index in [1.807, 2.05) is 48.5 Å². The number of nitrogens with zero attached hydrogens (tertiary/aromatic N) is 1. The third kappa shape index (κ3) is 5.42. The van der Waals surface area contributed by atoms with E-state index < -0.39 is 30.0 Å². The van der Waals surface area contributed by atoms with E-state index >= 15 is 0 Å². The van der Waals surface area contributed by atoms with Crippen LogP contribution in [0, 0.1) is 0 Å². The van der Waals surface area contributed by atoms with Gasteiger partial charge in [-0.05, 0) is 40.5 Å². The van der Waals surface area contributed by atoms with Crippen LogP contribution < -0.4 is 0 Å². The van der Waals surface area contributed by atoms with Crippen molar-refractivity contribution in [3.8, 4) is 0 Å². The number of benzene rings is 2. The van der Waals surface area contributed by atoms with Crippen LogP contribution in [0.25, 0.3) is 10.9 Å². The Hall–Kier alpha value is -2.35. The second-order valence-electron chi connectivity index (χ2n) is 9.74. The normalized spacial score (nSPS) is 17.9. The van der Waals surface area contributed by atoms with Crippen LogP contribution in [-0.2, 0) is 23.1 Å². The molecule has 2 heterocycles. The topological polar surface area (TPSA) is 48.5 Å². The number of aromatic nitrogens is 1. The van der Waals surface area contributed by atoms with Crippen LogP contribution in [0.4, 0.5) is 13.2 Å². The molecule has 1 unspecified atom stereocenters. The lowest BCUT2D eigenvalue weighted by atomic mass is 9.73. The predicted molar refractivity (Wildman–Crippen MR) is 123 cm³/mol. The maximum absolute atomic E-state index is 14.2. The summed E-state index contributed by atoms with van der Waals surface area (Å²) in [5.41, 5.74) is -0.796. The van der Waals surface area contributed by atoms with Crippen LogP contribution in [-0.4, -0.2) is 53.1 Å². The van der Waals surface area contributed by atoms with Crippen molar-refractivity contribution in [2.75, 3.05) is 26.3 Å². The monoisotopic (exact) mass is 460 g/mol. The maximum Gasteiger partial charge on any atom is 0.417 e. The van der Waals surface area contributed by atoms with Gasteiger partial charge in [-0.15, -0.1) is 0 Å². The second-order valence-corrected chi connectivity index (χ2v) is 9.74. The molecule has 2 aromatic carbocycles. The van der Waals surface area contributed by atoms with Gasteiger partial charge in [-0.1, -0.05) is 56.3 Å². The Morgan fingerprint density at radius 3 is 2.42 bits per heavy atom. The molecule has 0 amide bonds. The van der Waals surface area contributed by atoms with Gasteiger partial charge in [0.25, 0.3) is 0 Å². The number of hydrogen-bond acceptors (Lipinski definition) is 3. The first-order valence-corrected chi connectivity index (χ1v) is 11.3. The Balaban J connectivity index is 1.56. The SMILES string of the molecule is CC(C)(CC(O)(Cc1cc2ccccc2[nH]1)C(F)(F)F)c1cccc(CN2CCOCC2)c1. The molecule has 1 aliphatic heterocycles. The van der Waals surface area contributed by atoms with Crippen molar-refractivity contribution in [2.45, 2.75) is 50.4 Å². The molecule has 2 N–H and O–H groups in total. The van der Waals surface area contributed by atoms with Crippen molar-refractivity contribution in [3.63, 3.8) is 0 Å². The van der Waals surface area contributed by atoms with E-state index in [2.05, 4.69) is 9.88 Å². The van der Waals surface area contributed by atoms with Crippen molar-refractivity contribution >= 4 is 10.9 Å². The van der Waals surface area contributed by atoms with Crippen molar-refractivity contribution in [1.29, 1.82) is 0 Å². The third-order valence-corrected chi connectivity index (χ3v) is 6.55. The van der Waals surface area contributed by atoms with Crippen LogP contribution in [0.2, 0.25) is 0 Å². The van der Waals surface area contributed by atoms with E-state index in [9.17, 15) is 18.3 Å². The summed E-state index contributed by atoms with van der Waals surface area (Å²) in [5.74, 6) is 0. The Labute approximate surface area is 192 Å². The molecule has 7 heteroatoms. The van der Waals surface area contributed by atoms with E-state index in [1.54, 1.807) is 19.9 Å². The zero-order valence-corrected chi connectivity index (χ0v) is 19.1. The molecule has 1 aromatic heterocycles. The van der Waals surface area contributed by atoms with Gasteiger partial charge in [0.05, 0.1) is 13.2 Å². The van der Waals surface area contributed by atoms with Gasteiger partial charge in [0, 0.05) is 37.3 Å². The van der Waals surface area contributed by atoms with Gasteiger partial charge < -0.3 is 14.8 Å². The Morgan fingerprint density at radius 1 is 1.00 bits per heavy atom. The number of ether oxygens (including phenoxy) is 1. The molecule has 178 valence electrons. The summed E-state index contributed by atoms with van der Waals surface area (Å²) in [6.07, 6.45) is -5.74. The fraction of sp³-hybridized carbons (Fsp3) is 0.462. The zero-order valence-electron chi connectivity index (χ0n) is 19.1. The summed E-state index contributed by atoms with van der Waals surface area (Å²) in [4.78, 5) is 5.30. The standard InChI is InChI=1S/C26H31F3N2O2/c1-24(2,21-8-5-6-19(14-21)17-31-10-12-33-13-11-31)18-25(32,26(27,28)29)16-22-15-20-7-3-4-9-23(20)30-22/h3-9,14-15,30,32H,10-13,16-18H2,1-2H3. The number of morpholine rings is 1. The number of alkyl halides is 3. The van der Waals surface area contributed by atoms with Crippen LogP contribution in [0.15, 0.2) is 54.6 Å². The highest BCUT2D eigenvalue weighted by atomic mass is 19.4. The Kier molecular flexibility index (Phi) is 6.58. The summed E-state index contributed by atoms with van der Waals surface area (Å²) in [5, 5.41) is 11.8. The third-order valence-electron chi connectivity index (χ3n) is 6.55. The lowest BCUT2D eigenvalue weighted by Crippen LogP contribution is -2.50. The molecule has 0 radical (unpaired) electrons. The quantitative estimate of drug-likeness (QED) is 0.509. The summed E-state index contributed by atoms with van der Waals surface area (Å²) in [6, 6.07) is 16.7. The fourth-order valence-corrected chi connectivity index (χ4v) is 4.75. The molecule has 4 nitrogen and oxygen atoms in total. The molecule has 33 heavy (non-hydrogen) atoms. The maximum atomic E-state index is 14.2. The highest BCUT2D eigenvalue weighted by molar-refractivity contribution is 5.80. The average Bonchev–Trinajstić information content (AvgIpc) is 3.15. The van der Waals surface area contributed by atoms with Crippen LogP contribution in [0.3, 0.4) is 0 Å². The molecule has 0 saturated carbocycles. The number of nitrogens with one attached hydrogen (secondary N) is 1. The van der Waals surface area contributed by atoms with Crippen LogP contribution >= 0.6 is 0 Å². The van der Waals surface area contributed by atoms with Crippen molar-refractivity contribution in [1.82, 2.24) is 9.88 Å². The van der Waals surface area contributed by atoms with Crippen LogP contribution in [0.5, 0.6) is 0 Å². The molecule has 1 atom stereocenters. The molecule has 1 aliphatic rings. The summed E-state index contributed by atoms with van der Waals surface area (Å²) < 4.78 is 48.0. The molecule has 4 rings (SSSR count). The first-order chi connectivity index (χ1) is 15.6. The van der Waals surface area contributed by atoms with Gasteiger partial charge in [-0.2, -0.15) is 13.2 Å². The van der Waals surface area contributed by atoms with Gasteiger partial charge >= 0.3 is 6.18 Å². The number of para-hydroxylation sites is 1. The number of H-pyrrole nitrogens is 1. The first kappa shape index (κ1) is 23.8. The molecular weight excluding hydrogens is 429 g/mol. The second kappa shape index (κ2) is 9.12. The highest BCUT2D eigenvalue weighted by Crippen LogP contribution is 2.43. The molecule has 0 aliphatic carbocycles. The minimum absolute atomic E-state index is 0.368. The molecule has 0 bridgehead atoms. The number of hydrogen-bond donors (Lipinski definition) is 2. The van der Waals surface area contributed by atoms with E-state index in [-0.39, 0.29) is 0 Å². The molecule has 1 fully saturated rings. The minimum atomic E-state index is -4.77. The van der Waals surface area contributed by atoms with Crippen molar-refractivity contribution < 1.29 is 23.0 Å². The fourth-order valence-electron chi connectivity index (χ4n) is 4.75. The van der Waals surface area contributed by atoms with Crippen LogP contribution in [0.1, 0.15) is 37.1 Å². The van der Waals surface area contributed by atoms with Gasteiger partial charge in [0.2, 0.25) is 0 Å². The van der Waals surface area contributed by atoms with E-state index in [4.69, 9.17) is 4.74 Å². The molecule has 3 aromatic rings. The average molecular weight is 461 g/mol. The van der Waals surface area contributed by atoms with E-state index in [0.717, 1.165) is 41.7 Å². The lowest BCUT2D eigenvalue weighted by molar-refractivity contribution is -0.266. The molecule has 1 saturated heterocycles. The van der Waals surface area contributed by atoms with Gasteiger partial charge in [0.1, 0.15) is 0 Å². The summed E-state index contributed by atoms with van der Waals surface area (Å²) in [6.45, 7) is 7.32. The van der Waals surface area contributed by atoms with Crippen molar-refractivity contribution in [3.05, 3.63) is 71.4 Å². The van der Waals surface area contributed by atoms with Gasteiger partial charge in [0.15, 0.2) is 5.60 Å². The Morgan fingerprint density at radius 2 is 1.73 bits per heavy atom.